The van der Waals surface area contributed by atoms with Crippen molar-refractivity contribution in [2.45, 2.75) is 32.9 Å². The number of benzene rings is 1. The van der Waals surface area contributed by atoms with E-state index in [9.17, 15) is 4.79 Å². The summed E-state index contributed by atoms with van der Waals surface area (Å²) in [6.07, 6.45) is 4.04. The van der Waals surface area contributed by atoms with E-state index in [1.807, 2.05) is 36.4 Å². The summed E-state index contributed by atoms with van der Waals surface area (Å²) in [5.74, 6) is 1.58. The highest BCUT2D eigenvalue weighted by Crippen LogP contribution is 2.10. The summed E-state index contributed by atoms with van der Waals surface area (Å²) < 4.78 is 5.24. The summed E-state index contributed by atoms with van der Waals surface area (Å²) in [7, 11) is 0. The van der Waals surface area contributed by atoms with E-state index in [4.69, 9.17) is 9.41 Å². The molecule has 2 N–H and O–H groups in total. The summed E-state index contributed by atoms with van der Waals surface area (Å²) >= 11 is 0. The van der Waals surface area contributed by atoms with Crippen LogP contribution >= 0.6 is 0 Å². The van der Waals surface area contributed by atoms with Crippen LogP contribution in [0.25, 0.3) is 0 Å². The molecular weight excluding hydrogens is 328 g/mol. The number of hydrogen-bond acceptors (Lipinski definition) is 3. The van der Waals surface area contributed by atoms with Crippen LogP contribution in [-0.2, 0) is 13.1 Å². The molecule has 1 aliphatic heterocycles. The van der Waals surface area contributed by atoms with Crippen molar-refractivity contribution < 1.29 is 9.21 Å². The van der Waals surface area contributed by atoms with Crippen LogP contribution in [0.5, 0.6) is 0 Å². The standard InChI is InChI=1S/C20H26N4O2/c1-2-21-20(24-10-3-4-11-24)23-14-16-7-5-8-17(13-16)19(25)22-15-18-9-6-12-26-18/h5-9,12-13H,2-4,10-11,14-15H2,1H3,(H,21,23)(H,22,25). The van der Waals surface area contributed by atoms with Gasteiger partial charge in [-0.05, 0) is 49.6 Å². The van der Waals surface area contributed by atoms with Gasteiger partial charge in [0.1, 0.15) is 5.76 Å². The van der Waals surface area contributed by atoms with Crippen LogP contribution in [0.15, 0.2) is 52.1 Å². The Morgan fingerprint density at radius 2 is 2.04 bits per heavy atom. The summed E-state index contributed by atoms with van der Waals surface area (Å²) in [5, 5.41) is 6.22. The lowest BCUT2D eigenvalue weighted by Crippen LogP contribution is -2.39. The van der Waals surface area contributed by atoms with Gasteiger partial charge in [0.05, 0.1) is 19.4 Å². The molecule has 2 aromatic rings. The second-order valence-electron chi connectivity index (χ2n) is 6.33. The Kier molecular flexibility index (Phi) is 6.30. The number of aliphatic imine (C=N–C) groups is 1. The molecule has 0 spiro atoms. The fraction of sp³-hybridized carbons (Fsp3) is 0.400. The third-order valence-corrected chi connectivity index (χ3v) is 4.34. The van der Waals surface area contributed by atoms with E-state index >= 15 is 0 Å². The van der Waals surface area contributed by atoms with E-state index in [-0.39, 0.29) is 5.91 Å². The van der Waals surface area contributed by atoms with Gasteiger partial charge >= 0.3 is 0 Å². The van der Waals surface area contributed by atoms with Crippen LogP contribution in [0.2, 0.25) is 0 Å². The number of nitrogens with zero attached hydrogens (tertiary/aromatic N) is 2. The highest BCUT2D eigenvalue weighted by Gasteiger charge is 2.15. The maximum Gasteiger partial charge on any atom is 0.251 e. The molecule has 1 fully saturated rings. The van der Waals surface area contributed by atoms with Crippen molar-refractivity contribution in [1.82, 2.24) is 15.5 Å². The Bertz CT molecular complexity index is 734. The molecule has 1 amide bonds. The number of guanidine groups is 1. The van der Waals surface area contributed by atoms with Gasteiger partial charge in [-0.15, -0.1) is 0 Å². The van der Waals surface area contributed by atoms with Crippen molar-refractivity contribution in [1.29, 1.82) is 0 Å². The second kappa shape index (κ2) is 9.08. The molecule has 2 heterocycles. The Labute approximate surface area is 154 Å². The Balaban J connectivity index is 1.62. The SMILES string of the molecule is CCNC(=NCc1cccc(C(=O)NCc2ccco2)c1)N1CCCC1. The first kappa shape index (κ1) is 18.0. The van der Waals surface area contributed by atoms with Gasteiger partial charge in [-0.3, -0.25) is 4.79 Å². The number of nitrogens with one attached hydrogen (secondary N) is 2. The van der Waals surface area contributed by atoms with Gasteiger partial charge in [0.15, 0.2) is 5.96 Å². The van der Waals surface area contributed by atoms with E-state index in [1.54, 1.807) is 6.26 Å². The monoisotopic (exact) mass is 354 g/mol. The normalized spacial score (nSPS) is 14.5. The van der Waals surface area contributed by atoms with Crippen LogP contribution in [0.4, 0.5) is 0 Å². The topological polar surface area (TPSA) is 69.9 Å². The molecule has 26 heavy (non-hydrogen) atoms. The van der Waals surface area contributed by atoms with E-state index in [0.717, 1.165) is 36.9 Å². The molecule has 1 aromatic carbocycles. The molecule has 1 saturated heterocycles. The lowest BCUT2D eigenvalue weighted by Gasteiger charge is -2.20. The van der Waals surface area contributed by atoms with Gasteiger partial charge in [-0.2, -0.15) is 0 Å². The average Bonchev–Trinajstić information content (AvgIpc) is 3.37. The first-order valence-electron chi connectivity index (χ1n) is 9.19. The largest absolute Gasteiger partial charge is 0.467 e. The maximum atomic E-state index is 12.3. The van der Waals surface area contributed by atoms with Gasteiger partial charge in [0, 0.05) is 25.2 Å². The Hall–Kier alpha value is -2.76. The molecule has 138 valence electrons. The lowest BCUT2D eigenvalue weighted by molar-refractivity contribution is 0.0948. The Morgan fingerprint density at radius 3 is 2.77 bits per heavy atom. The zero-order chi connectivity index (χ0) is 18.2. The highest BCUT2D eigenvalue weighted by molar-refractivity contribution is 5.94. The molecule has 1 aromatic heterocycles. The van der Waals surface area contributed by atoms with Gasteiger partial charge in [0.25, 0.3) is 5.91 Å². The zero-order valence-corrected chi connectivity index (χ0v) is 15.2. The van der Waals surface area contributed by atoms with Crippen LogP contribution in [0.1, 0.15) is 41.4 Å². The molecule has 0 saturated carbocycles. The van der Waals surface area contributed by atoms with Crippen LogP contribution in [-0.4, -0.2) is 36.4 Å². The number of furan rings is 1. The second-order valence-corrected chi connectivity index (χ2v) is 6.33. The molecule has 3 rings (SSSR count). The smallest absolute Gasteiger partial charge is 0.251 e. The third-order valence-electron chi connectivity index (χ3n) is 4.34. The molecule has 0 aliphatic carbocycles. The van der Waals surface area contributed by atoms with E-state index in [0.29, 0.717) is 18.7 Å². The van der Waals surface area contributed by atoms with E-state index in [1.165, 1.54) is 12.8 Å². The first-order chi connectivity index (χ1) is 12.8. The number of likely N-dealkylation sites (tertiary alicyclic amines) is 1. The third kappa shape index (κ3) is 4.88. The van der Waals surface area contributed by atoms with E-state index in [2.05, 4.69) is 22.5 Å². The average molecular weight is 354 g/mol. The van der Waals surface area contributed by atoms with Crippen LogP contribution < -0.4 is 10.6 Å². The number of carbonyl (C=O) groups is 1. The number of rotatable bonds is 6. The summed E-state index contributed by atoms with van der Waals surface area (Å²) in [6, 6.07) is 11.3. The fourth-order valence-corrected chi connectivity index (χ4v) is 3.01. The van der Waals surface area contributed by atoms with Crippen LogP contribution in [0, 0.1) is 0 Å². The lowest BCUT2D eigenvalue weighted by atomic mass is 10.1. The molecule has 6 heteroatoms. The minimum atomic E-state index is -0.112. The van der Waals surface area contributed by atoms with Gasteiger partial charge in [-0.1, -0.05) is 12.1 Å². The number of carbonyl (C=O) groups excluding carboxylic acids is 1. The molecule has 0 radical (unpaired) electrons. The van der Waals surface area contributed by atoms with Crippen molar-refractivity contribution >= 4 is 11.9 Å². The summed E-state index contributed by atoms with van der Waals surface area (Å²) in [4.78, 5) is 19.4. The highest BCUT2D eigenvalue weighted by atomic mass is 16.3. The minimum absolute atomic E-state index is 0.112. The van der Waals surface area contributed by atoms with Gasteiger partial charge < -0.3 is 20.0 Å². The molecule has 6 nitrogen and oxygen atoms in total. The van der Waals surface area contributed by atoms with Crippen molar-refractivity contribution in [3.05, 3.63) is 59.5 Å². The summed E-state index contributed by atoms with van der Waals surface area (Å²) in [5.41, 5.74) is 1.65. The quantitative estimate of drug-likeness (QED) is 0.618. The minimum Gasteiger partial charge on any atom is -0.467 e. The predicted molar refractivity (Wildman–Crippen MR) is 102 cm³/mol. The van der Waals surface area contributed by atoms with Gasteiger partial charge in [0.2, 0.25) is 0 Å². The molecule has 0 atom stereocenters. The van der Waals surface area contributed by atoms with Crippen molar-refractivity contribution in [2.75, 3.05) is 19.6 Å². The number of amides is 1. The number of hydrogen-bond donors (Lipinski definition) is 2. The van der Waals surface area contributed by atoms with Crippen molar-refractivity contribution in [3.8, 4) is 0 Å². The molecule has 1 aliphatic rings. The first-order valence-corrected chi connectivity index (χ1v) is 9.19. The zero-order valence-electron chi connectivity index (χ0n) is 15.2. The molecular formula is C20H26N4O2. The fourth-order valence-electron chi connectivity index (χ4n) is 3.01. The van der Waals surface area contributed by atoms with E-state index < -0.39 is 0 Å². The van der Waals surface area contributed by atoms with Crippen molar-refractivity contribution in [2.24, 2.45) is 4.99 Å². The Morgan fingerprint density at radius 1 is 1.19 bits per heavy atom. The predicted octanol–water partition coefficient (Wildman–Crippen LogP) is 2.77. The molecule has 0 unspecified atom stereocenters. The summed E-state index contributed by atoms with van der Waals surface area (Å²) in [6.45, 7) is 5.98. The maximum absolute atomic E-state index is 12.3. The molecule has 0 bridgehead atoms. The van der Waals surface area contributed by atoms with Gasteiger partial charge in [-0.25, -0.2) is 4.99 Å². The van der Waals surface area contributed by atoms with Crippen molar-refractivity contribution in [3.63, 3.8) is 0 Å². The van der Waals surface area contributed by atoms with Crippen LogP contribution in [0.3, 0.4) is 0 Å².